The van der Waals surface area contributed by atoms with Crippen LogP contribution in [0.25, 0.3) is 0 Å². The highest BCUT2D eigenvalue weighted by molar-refractivity contribution is 5.79. The Morgan fingerprint density at radius 3 is 1.95 bits per heavy atom. The highest BCUT2D eigenvalue weighted by Crippen LogP contribution is 2.59. The van der Waals surface area contributed by atoms with Crippen molar-refractivity contribution >= 4 is 5.78 Å². The van der Waals surface area contributed by atoms with Gasteiger partial charge in [-0.2, -0.15) is 0 Å². The lowest BCUT2D eigenvalue weighted by Gasteiger charge is -2.57. The van der Waals surface area contributed by atoms with Gasteiger partial charge < -0.3 is 4.74 Å². The van der Waals surface area contributed by atoms with Gasteiger partial charge in [-0.3, -0.25) is 4.79 Å². The Balaban J connectivity index is 1.69. The fourth-order valence-corrected chi connectivity index (χ4v) is 4.02. The molecule has 0 radical (unpaired) electrons. The summed E-state index contributed by atoms with van der Waals surface area (Å²) in [5, 5.41) is 0. The summed E-state index contributed by atoms with van der Waals surface area (Å²) in [6, 6.07) is 21.1. The van der Waals surface area contributed by atoms with E-state index in [0.29, 0.717) is 24.5 Å². The quantitative estimate of drug-likeness (QED) is 0.819. The van der Waals surface area contributed by atoms with Gasteiger partial charge in [0.25, 0.3) is 0 Å². The van der Waals surface area contributed by atoms with Gasteiger partial charge in [0.05, 0.1) is 11.7 Å². The third kappa shape index (κ3) is 2.19. The number of benzene rings is 2. The summed E-state index contributed by atoms with van der Waals surface area (Å²) in [6.07, 6.45) is 3.14. The van der Waals surface area contributed by atoms with Gasteiger partial charge in [-0.25, -0.2) is 0 Å². The maximum atomic E-state index is 11.6. The molecule has 0 aromatic heterocycles. The smallest absolute Gasteiger partial charge is 0.133 e. The van der Waals surface area contributed by atoms with E-state index in [9.17, 15) is 4.79 Å². The van der Waals surface area contributed by atoms with E-state index in [1.165, 1.54) is 11.1 Å². The van der Waals surface area contributed by atoms with E-state index in [1.54, 1.807) is 0 Å². The minimum Gasteiger partial charge on any atom is -0.366 e. The van der Waals surface area contributed by atoms with Crippen LogP contribution in [0.15, 0.2) is 60.7 Å². The molecule has 1 aliphatic carbocycles. The molecule has 0 N–H and O–H groups in total. The largest absolute Gasteiger partial charge is 0.366 e. The van der Waals surface area contributed by atoms with E-state index < -0.39 is 0 Å². The average Bonchev–Trinajstić information content (AvgIpc) is 2.56. The molecule has 1 spiro atoms. The van der Waals surface area contributed by atoms with Gasteiger partial charge in [0.2, 0.25) is 0 Å². The molecule has 0 unspecified atom stereocenters. The fourth-order valence-electron chi connectivity index (χ4n) is 4.02. The molecule has 2 heteroatoms. The van der Waals surface area contributed by atoms with Crippen molar-refractivity contribution in [1.29, 1.82) is 0 Å². The first-order valence-electron chi connectivity index (χ1n) is 8.08. The predicted molar refractivity (Wildman–Crippen MR) is 85.7 cm³/mol. The second-order valence-corrected chi connectivity index (χ2v) is 6.44. The van der Waals surface area contributed by atoms with E-state index in [2.05, 4.69) is 54.6 Å². The summed E-state index contributed by atoms with van der Waals surface area (Å²) in [5.74, 6) is 0.730. The molecular weight excluding hydrogens is 272 g/mol. The molecule has 4 rings (SSSR count). The van der Waals surface area contributed by atoms with Crippen LogP contribution in [0, 0.1) is 0 Å². The highest BCUT2D eigenvalue weighted by atomic mass is 16.5. The number of carbonyl (C=O) groups is 1. The van der Waals surface area contributed by atoms with Crippen LogP contribution in [0.5, 0.6) is 0 Å². The van der Waals surface area contributed by atoms with Crippen molar-refractivity contribution < 1.29 is 9.53 Å². The molecule has 0 amide bonds. The van der Waals surface area contributed by atoms with Crippen molar-refractivity contribution in [2.24, 2.45) is 0 Å². The number of hydrogen-bond donors (Lipinski definition) is 0. The third-order valence-electron chi connectivity index (χ3n) is 5.17. The molecule has 1 saturated heterocycles. The molecule has 2 aromatic rings. The molecule has 2 aliphatic rings. The van der Waals surface area contributed by atoms with Gasteiger partial charge in [0.1, 0.15) is 5.78 Å². The van der Waals surface area contributed by atoms with Gasteiger partial charge in [0.15, 0.2) is 0 Å². The summed E-state index contributed by atoms with van der Waals surface area (Å²) in [7, 11) is 0. The number of hydrogen-bond acceptors (Lipinski definition) is 2. The zero-order valence-corrected chi connectivity index (χ0v) is 12.6. The van der Waals surface area contributed by atoms with Gasteiger partial charge in [-0.15, -0.1) is 0 Å². The summed E-state index contributed by atoms with van der Waals surface area (Å²) in [6.45, 7) is 0. The monoisotopic (exact) mass is 292 g/mol. The minimum absolute atomic E-state index is 0.108. The Bertz CT molecular complexity index is 653. The standard InChI is InChI=1S/C20H20O2/c21-17-11-13-20(14-12-17)18(15-7-3-1-4-8-15)19(22-20)16-9-5-2-6-10-16/h1-10,18-19H,11-14H2/t18-,19+/m1/s1. The van der Waals surface area contributed by atoms with Crippen molar-refractivity contribution in [3.05, 3.63) is 71.8 Å². The SMILES string of the molecule is O=C1CCC2(CC1)O[C@@H](c1ccccc1)[C@H]2c1ccccc1. The van der Waals surface area contributed by atoms with Crippen LogP contribution < -0.4 is 0 Å². The molecule has 2 aromatic carbocycles. The second kappa shape index (κ2) is 5.36. The molecule has 2 fully saturated rings. The van der Waals surface area contributed by atoms with Gasteiger partial charge >= 0.3 is 0 Å². The zero-order valence-electron chi connectivity index (χ0n) is 12.6. The van der Waals surface area contributed by atoms with Crippen molar-refractivity contribution in [2.75, 3.05) is 0 Å². The van der Waals surface area contributed by atoms with Crippen LogP contribution in [-0.4, -0.2) is 11.4 Å². The van der Waals surface area contributed by atoms with Crippen molar-refractivity contribution in [3.63, 3.8) is 0 Å². The van der Waals surface area contributed by atoms with Crippen molar-refractivity contribution in [2.45, 2.75) is 43.3 Å². The first kappa shape index (κ1) is 13.7. The summed E-state index contributed by atoms with van der Waals surface area (Å²) in [4.78, 5) is 11.6. The average molecular weight is 292 g/mol. The number of ether oxygens (including phenoxy) is 1. The molecular formula is C20H20O2. The number of carbonyl (C=O) groups excluding carboxylic acids is 1. The van der Waals surface area contributed by atoms with Crippen LogP contribution in [0.4, 0.5) is 0 Å². The summed E-state index contributed by atoms with van der Waals surface area (Å²) < 4.78 is 6.42. The third-order valence-corrected chi connectivity index (χ3v) is 5.17. The zero-order chi connectivity index (χ0) is 15.0. The van der Waals surface area contributed by atoms with Gasteiger partial charge in [-0.1, -0.05) is 60.7 Å². The molecule has 1 saturated carbocycles. The van der Waals surface area contributed by atoms with Crippen LogP contribution in [-0.2, 0) is 9.53 Å². The Kier molecular flexibility index (Phi) is 3.34. The first-order chi connectivity index (χ1) is 10.8. The summed E-state index contributed by atoms with van der Waals surface area (Å²) in [5.41, 5.74) is 2.42. The van der Waals surface area contributed by atoms with Crippen LogP contribution in [0.2, 0.25) is 0 Å². The normalized spacial score (nSPS) is 26.6. The predicted octanol–water partition coefficient (Wildman–Crippen LogP) is 4.42. The van der Waals surface area contributed by atoms with Crippen molar-refractivity contribution in [3.8, 4) is 0 Å². The van der Waals surface area contributed by atoms with Crippen LogP contribution >= 0.6 is 0 Å². The molecule has 2 nitrogen and oxygen atoms in total. The maximum Gasteiger partial charge on any atom is 0.133 e. The highest BCUT2D eigenvalue weighted by Gasteiger charge is 2.57. The van der Waals surface area contributed by atoms with Crippen LogP contribution in [0.1, 0.15) is 48.8 Å². The van der Waals surface area contributed by atoms with Crippen LogP contribution in [0.3, 0.4) is 0 Å². The molecule has 0 bridgehead atoms. The van der Waals surface area contributed by atoms with E-state index in [-0.39, 0.29) is 11.7 Å². The minimum atomic E-state index is -0.143. The summed E-state index contributed by atoms with van der Waals surface area (Å²) >= 11 is 0. The van der Waals surface area contributed by atoms with E-state index >= 15 is 0 Å². The number of rotatable bonds is 2. The van der Waals surface area contributed by atoms with E-state index in [4.69, 9.17) is 4.74 Å². The topological polar surface area (TPSA) is 26.3 Å². The van der Waals surface area contributed by atoms with Gasteiger partial charge in [-0.05, 0) is 24.0 Å². The molecule has 112 valence electrons. The lowest BCUT2D eigenvalue weighted by atomic mass is 9.64. The Hall–Kier alpha value is -1.93. The molecule has 1 heterocycles. The Labute approximate surface area is 131 Å². The lowest BCUT2D eigenvalue weighted by Crippen LogP contribution is -2.55. The molecule has 1 aliphatic heterocycles. The Morgan fingerprint density at radius 1 is 0.818 bits per heavy atom. The molecule has 22 heavy (non-hydrogen) atoms. The fraction of sp³-hybridized carbons (Fsp3) is 0.350. The van der Waals surface area contributed by atoms with Crippen molar-refractivity contribution in [1.82, 2.24) is 0 Å². The number of ketones is 1. The second-order valence-electron chi connectivity index (χ2n) is 6.44. The van der Waals surface area contributed by atoms with Gasteiger partial charge in [0, 0.05) is 18.8 Å². The lowest BCUT2D eigenvalue weighted by molar-refractivity contribution is -0.244. The van der Waals surface area contributed by atoms with E-state index in [0.717, 1.165) is 12.8 Å². The first-order valence-corrected chi connectivity index (χ1v) is 8.08. The Morgan fingerprint density at radius 2 is 1.36 bits per heavy atom. The maximum absolute atomic E-state index is 11.6. The molecule has 2 atom stereocenters. The number of Topliss-reactive ketones (excluding diaryl/α,β-unsaturated/α-hetero) is 1. The van der Waals surface area contributed by atoms with E-state index in [1.807, 2.05) is 6.07 Å².